The smallest absolute Gasteiger partial charge is 0.166 e. The molecule has 0 bridgehead atoms. The number of hydrogen-bond acceptors (Lipinski definition) is 2. The summed E-state index contributed by atoms with van der Waals surface area (Å²) in [5, 5.41) is 0. The Morgan fingerprint density at radius 2 is 1.31 bits per heavy atom. The quantitative estimate of drug-likeness (QED) is 0.151. The molecule has 1 unspecified atom stereocenters. The Morgan fingerprint density at radius 1 is 0.641 bits per heavy atom. The lowest BCUT2D eigenvalue weighted by molar-refractivity contribution is 0.0592. The number of halogens is 2. The second-order valence-electron chi connectivity index (χ2n) is 10.5. The van der Waals surface area contributed by atoms with E-state index in [1.165, 1.54) is 25.7 Å². The lowest BCUT2D eigenvalue weighted by atomic mass is 9.93. The van der Waals surface area contributed by atoms with Gasteiger partial charge in [0, 0.05) is 12.2 Å². The number of ether oxygens (including phenoxy) is 2. The summed E-state index contributed by atoms with van der Waals surface area (Å²) >= 11 is 0. The van der Waals surface area contributed by atoms with Gasteiger partial charge in [0.15, 0.2) is 11.6 Å². The van der Waals surface area contributed by atoms with E-state index in [-0.39, 0.29) is 0 Å². The number of rotatable bonds is 18. The normalized spacial score (nSPS) is 12.0. The summed E-state index contributed by atoms with van der Waals surface area (Å²) in [6, 6.07) is 18.9. The van der Waals surface area contributed by atoms with E-state index in [4.69, 9.17) is 9.47 Å². The highest BCUT2D eigenvalue weighted by Gasteiger charge is 2.17. The van der Waals surface area contributed by atoms with Gasteiger partial charge in [0.2, 0.25) is 0 Å². The van der Waals surface area contributed by atoms with E-state index in [1.807, 2.05) is 48.5 Å². The third kappa shape index (κ3) is 9.76. The Balaban J connectivity index is 1.60. The van der Waals surface area contributed by atoms with Crippen molar-refractivity contribution >= 4 is 0 Å². The van der Waals surface area contributed by atoms with Gasteiger partial charge in [-0.05, 0) is 73.4 Å². The number of unbranched alkanes of at least 4 members (excludes halogenated alkanes) is 7. The predicted molar refractivity (Wildman–Crippen MR) is 159 cm³/mol. The van der Waals surface area contributed by atoms with E-state index in [2.05, 4.69) is 20.8 Å². The Hall–Kier alpha value is -2.72. The van der Waals surface area contributed by atoms with E-state index >= 15 is 8.78 Å². The van der Waals surface area contributed by atoms with Crippen LogP contribution in [-0.4, -0.2) is 19.3 Å². The number of hydrogen-bond donors (Lipinski definition) is 0. The highest BCUT2D eigenvalue weighted by molar-refractivity contribution is 5.84. The highest BCUT2D eigenvalue weighted by Crippen LogP contribution is 2.35. The molecule has 0 radical (unpaired) electrons. The molecule has 3 rings (SSSR count). The van der Waals surface area contributed by atoms with E-state index in [0.717, 1.165) is 62.0 Å². The van der Waals surface area contributed by atoms with Crippen LogP contribution in [0, 0.1) is 11.6 Å². The fourth-order valence-electron chi connectivity index (χ4n) is 4.76. The zero-order chi connectivity index (χ0) is 27.9. The summed E-state index contributed by atoms with van der Waals surface area (Å²) in [6.07, 6.45) is 11.9. The standard InChI is InChI=1S/C35H46F2O2/c1-4-6-7-8-9-10-11-16-29-21-24-33(35(37)34(29)36)32-18-13-12-17-31(32)28-19-22-30(23-20-28)39-26-15-14-25-38-27(3)5-2/h12-13,17-24,27H,4-11,14-16,25-26H2,1-3H3. The molecule has 3 aromatic rings. The molecule has 0 fully saturated rings. The van der Waals surface area contributed by atoms with E-state index in [1.54, 1.807) is 12.1 Å². The molecule has 39 heavy (non-hydrogen) atoms. The van der Waals surface area contributed by atoms with Crippen molar-refractivity contribution in [2.45, 2.75) is 97.5 Å². The lowest BCUT2D eigenvalue weighted by Crippen LogP contribution is -2.08. The zero-order valence-electron chi connectivity index (χ0n) is 24.1. The van der Waals surface area contributed by atoms with Gasteiger partial charge in [-0.25, -0.2) is 8.78 Å². The fourth-order valence-corrected chi connectivity index (χ4v) is 4.76. The summed E-state index contributed by atoms with van der Waals surface area (Å²) in [5.74, 6) is -0.683. The van der Waals surface area contributed by atoms with Crippen molar-refractivity contribution in [3.05, 3.63) is 77.9 Å². The molecule has 0 aliphatic heterocycles. The Labute approximate surface area is 234 Å². The average molecular weight is 537 g/mol. The summed E-state index contributed by atoms with van der Waals surface area (Å²) in [6.45, 7) is 7.81. The fraction of sp³-hybridized carbons (Fsp3) is 0.486. The summed E-state index contributed by atoms with van der Waals surface area (Å²) in [7, 11) is 0. The first-order chi connectivity index (χ1) is 19.0. The van der Waals surface area contributed by atoms with Gasteiger partial charge in [0.25, 0.3) is 0 Å². The van der Waals surface area contributed by atoms with Crippen molar-refractivity contribution in [3.63, 3.8) is 0 Å². The third-order valence-electron chi connectivity index (χ3n) is 7.38. The Kier molecular flexibility index (Phi) is 13.5. The minimum Gasteiger partial charge on any atom is -0.494 e. The van der Waals surface area contributed by atoms with Crippen LogP contribution in [0.5, 0.6) is 5.75 Å². The number of aryl methyl sites for hydroxylation is 1. The topological polar surface area (TPSA) is 18.5 Å². The molecule has 1 atom stereocenters. The van der Waals surface area contributed by atoms with Crippen LogP contribution in [0.1, 0.15) is 90.5 Å². The molecular weight excluding hydrogens is 490 g/mol. The van der Waals surface area contributed by atoms with Crippen LogP contribution in [0.4, 0.5) is 8.78 Å². The zero-order valence-corrected chi connectivity index (χ0v) is 24.1. The largest absolute Gasteiger partial charge is 0.494 e. The van der Waals surface area contributed by atoms with Crippen LogP contribution in [-0.2, 0) is 11.2 Å². The molecule has 0 amide bonds. The van der Waals surface area contributed by atoms with Gasteiger partial charge in [0.05, 0.1) is 12.7 Å². The van der Waals surface area contributed by atoms with Crippen molar-refractivity contribution in [1.82, 2.24) is 0 Å². The maximum absolute atomic E-state index is 15.3. The first-order valence-electron chi connectivity index (χ1n) is 15.0. The van der Waals surface area contributed by atoms with Crippen molar-refractivity contribution in [3.8, 4) is 28.0 Å². The molecule has 0 spiro atoms. The van der Waals surface area contributed by atoms with Crippen molar-refractivity contribution in [2.24, 2.45) is 0 Å². The highest BCUT2D eigenvalue weighted by atomic mass is 19.2. The Morgan fingerprint density at radius 3 is 2.03 bits per heavy atom. The van der Waals surface area contributed by atoms with Crippen LogP contribution in [0.25, 0.3) is 22.3 Å². The first-order valence-corrected chi connectivity index (χ1v) is 15.0. The van der Waals surface area contributed by atoms with Crippen LogP contribution in [0.2, 0.25) is 0 Å². The molecule has 4 heteroatoms. The molecular formula is C35H46F2O2. The van der Waals surface area contributed by atoms with Crippen molar-refractivity contribution < 1.29 is 18.3 Å². The van der Waals surface area contributed by atoms with Gasteiger partial charge < -0.3 is 9.47 Å². The van der Waals surface area contributed by atoms with Gasteiger partial charge in [0.1, 0.15) is 5.75 Å². The average Bonchev–Trinajstić information content (AvgIpc) is 2.96. The SMILES string of the molecule is CCCCCCCCCc1ccc(-c2ccccc2-c2ccc(OCCCCOC(C)CC)cc2)c(F)c1F. The second-order valence-corrected chi connectivity index (χ2v) is 10.5. The second kappa shape index (κ2) is 17.1. The minimum absolute atomic E-state index is 0.298. The molecule has 0 heterocycles. The third-order valence-corrected chi connectivity index (χ3v) is 7.38. The summed E-state index contributed by atoms with van der Waals surface area (Å²) in [4.78, 5) is 0. The maximum atomic E-state index is 15.3. The predicted octanol–water partition coefficient (Wildman–Crippen LogP) is 10.6. The lowest BCUT2D eigenvalue weighted by Gasteiger charge is -2.14. The van der Waals surface area contributed by atoms with Crippen LogP contribution in [0.3, 0.4) is 0 Å². The molecule has 0 saturated carbocycles. The summed E-state index contributed by atoms with van der Waals surface area (Å²) in [5.41, 5.74) is 3.25. The van der Waals surface area contributed by atoms with E-state index in [0.29, 0.717) is 35.8 Å². The van der Waals surface area contributed by atoms with Gasteiger partial charge in [-0.3, -0.25) is 0 Å². The molecule has 0 aliphatic rings. The van der Waals surface area contributed by atoms with Gasteiger partial charge in [-0.15, -0.1) is 0 Å². The van der Waals surface area contributed by atoms with E-state index in [9.17, 15) is 0 Å². The molecule has 0 N–H and O–H groups in total. The minimum atomic E-state index is -0.764. The van der Waals surface area contributed by atoms with Gasteiger partial charge in [-0.1, -0.05) is 101 Å². The Bertz CT molecular complexity index is 1110. The molecule has 0 saturated heterocycles. The number of benzene rings is 3. The van der Waals surface area contributed by atoms with Crippen LogP contribution in [0.15, 0.2) is 60.7 Å². The summed E-state index contributed by atoms with van der Waals surface area (Å²) < 4.78 is 42.0. The van der Waals surface area contributed by atoms with Gasteiger partial charge in [-0.2, -0.15) is 0 Å². The maximum Gasteiger partial charge on any atom is 0.166 e. The molecule has 0 aromatic heterocycles. The molecule has 212 valence electrons. The molecule has 2 nitrogen and oxygen atoms in total. The van der Waals surface area contributed by atoms with Crippen molar-refractivity contribution in [2.75, 3.05) is 13.2 Å². The van der Waals surface area contributed by atoms with Crippen molar-refractivity contribution in [1.29, 1.82) is 0 Å². The first kappa shape index (κ1) is 30.8. The van der Waals surface area contributed by atoms with Gasteiger partial charge >= 0.3 is 0 Å². The molecule has 3 aromatic carbocycles. The van der Waals surface area contributed by atoms with Crippen LogP contribution >= 0.6 is 0 Å². The van der Waals surface area contributed by atoms with Crippen LogP contribution < -0.4 is 4.74 Å². The molecule has 0 aliphatic carbocycles. The van der Waals surface area contributed by atoms with E-state index < -0.39 is 11.6 Å². The monoisotopic (exact) mass is 536 g/mol.